The number of nitrogens with two attached hydrogens (primary N) is 1. The highest BCUT2D eigenvalue weighted by Crippen LogP contribution is 2.21. The Morgan fingerprint density at radius 3 is 2.84 bits per heavy atom. The van der Waals surface area contributed by atoms with E-state index in [0.29, 0.717) is 11.3 Å². The first kappa shape index (κ1) is 12.8. The van der Waals surface area contributed by atoms with E-state index in [2.05, 4.69) is 4.98 Å². The first-order valence-corrected chi connectivity index (χ1v) is 5.65. The summed E-state index contributed by atoms with van der Waals surface area (Å²) in [6, 6.07) is 9.82. The third kappa shape index (κ3) is 2.80. The van der Waals surface area contributed by atoms with Gasteiger partial charge in [0.15, 0.2) is 11.6 Å². The van der Waals surface area contributed by atoms with Crippen LogP contribution in [0.4, 0.5) is 10.2 Å². The van der Waals surface area contributed by atoms with Gasteiger partial charge in [-0.15, -0.1) is 0 Å². The van der Waals surface area contributed by atoms with Crippen molar-refractivity contribution in [3.63, 3.8) is 0 Å². The summed E-state index contributed by atoms with van der Waals surface area (Å²) in [5, 5.41) is 8.74. The second kappa shape index (κ2) is 5.36. The van der Waals surface area contributed by atoms with Gasteiger partial charge in [-0.05, 0) is 25.1 Å². The molecule has 0 aliphatic heterocycles. The van der Waals surface area contributed by atoms with Gasteiger partial charge in [-0.25, -0.2) is 9.37 Å². The normalized spacial score (nSPS) is 9.95. The van der Waals surface area contributed by atoms with E-state index in [1.165, 1.54) is 6.07 Å². The van der Waals surface area contributed by atoms with E-state index in [1.807, 2.05) is 6.92 Å². The Bertz CT molecular complexity index is 650. The summed E-state index contributed by atoms with van der Waals surface area (Å²) >= 11 is 0. The topological polar surface area (TPSA) is 71.9 Å². The predicted molar refractivity (Wildman–Crippen MR) is 68.8 cm³/mol. The summed E-state index contributed by atoms with van der Waals surface area (Å²) in [6.07, 6.45) is 0. The Labute approximate surface area is 110 Å². The van der Waals surface area contributed by atoms with Crippen LogP contribution in [0.5, 0.6) is 5.75 Å². The van der Waals surface area contributed by atoms with Gasteiger partial charge in [0.2, 0.25) is 0 Å². The van der Waals surface area contributed by atoms with Crippen LogP contribution in [0.25, 0.3) is 0 Å². The number of anilines is 1. The van der Waals surface area contributed by atoms with Gasteiger partial charge in [0, 0.05) is 11.3 Å². The van der Waals surface area contributed by atoms with Crippen LogP contribution in [0.1, 0.15) is 16.8 Å². The number of nitrogen functional groups attached to an aromatic ring is 1. The van der Waals surface area contributed by atoms with Gasteiger partial charge in [-0.3, -0.25) is 0 Å². The third-order valence-electron chi connectivity index (χ3n) is 2.61. The van der Waals surface area contributed by atoms with Crippen LogP contribution in [0.15, 0.2) is 30.3 Å². The quantitative estimate of drug-likeness (QED) is 0.917. The fourth-order valence-corrected chi connectivity index (χ4v) is 1.62. The van der Waals surface area contributed by atoms with Crippen LogP contribution in [0, 0.1) is 24.1 Å². The summed E-state index contributed by atoms with van der Waals surface area (Å²) < 4.78 is 19.2. The number of aryl methyl sites for hydroxylation is 1. The first-order valence-electron chi connectivity index (χ1n) is 5.65. The lowest BCUT2D eigenvalue weighted by atomic mass is 10.1. The zero-order valence-corrected chi connectivity index (χ0v) is 10.4. The molecule has 0 saturated heterocycles. The maximum absolute atomic E-state index is 13.8. The van der Waals surface area contributed by atoms with E-state index >= 15 is 0 Å². The van der Waals surface area contributed by atoms with Crippen LogP contribution in [0.3, 0.4) is 0 Å². The van der Waals surface area contributed by atoms with Crippen molar-refractivity contribution < 1.29 is 9.13 Å². The van der Waals surface area contributed by atoms with E-state index in [-0.39, 0.29) is 18.0 Å². The summed E-state index contributed by atoms with van der Waals surface area (Å²) in [6.45, 7) is 1.81. The number of ether oxygens (including phenoxy) is 1. The van der Waals surface area contributed by atoms with E-state index in [4.69, 9.17) is 15.7 Å². The summed E-state index contributed by atoms with van der Waals surface area (Å²) in [7, 11) is 0. The number of pyridine rings is 1. The maximum Gasteiger partial charge on any atom is 0.166 e. The van der Waals surface area contributed by atoms with Gasteiger partial charge in [-0.1, -0.05) is 12.1 Å². The monoisotopic (exact) mass is 257 g/mol. The van der Waals surface area contributed by atoms with Crippen LogP contribution >= 0.6 is 0 Å². The molecule has 19 heavy (non-hydrogen) atoms. The van der Waals surface area contributed by atoms with E-state index in [9.17, 15) is 4.39 Å². The molecule has 2 rings (SSSR count). The minimum absolute atomic E-state index is 0.00361. The van der Waals surface area contributed by atoms with Crippen LogP contribution < -0.4 is 10.5 Å². The Kier molecular flexibility index (Phi) is 3.62. The minimum atomic E-state index is -0.566. The first-order chi connectivity index (χ1) is 9.11. The Morgan fingerprint density at radius 1 is 1.37 bits per heavy atom. The summed E-state index contributed by atoms with van der Waals surface area (Å²) in [4.78, 5) is 4.05. The Morgan fingerprint density at radius 2 is 2.16 bits per heavy atom. The zero-order chi connectivity index (χ0) is 13.8. The molecule has 0 saturated carbocycles. The van der Waals surface area contributed by atoms with Gasteiger partial charge in [0.05, 0.1) is 5.56 Å². The average Bonchev–Trinajstić information content (AvgIpc) is 2.39. The predicted octanol–water partition coefficient (Wildman–Crippen LogP) is 2.56. The van der Waals surface area contributed by atoms with Crippen LogP contribution in [0.2, 0.25) is 0 Å². The summed E-state index contributed by atoms with van der Waals surface area (Å²) in [5.74, 6) is 0.0906. The van der Waals surface area contributed by atoms with Crippen molar-refractivity contribution in [2.45, 2.75) is 13.5 Å². The molecule has 0 spiro atoms. The molecule has 0 bridgehead atoms. The molecule has 0 atom stereocenters. The highest BCUT2D eigenvalue weighted by atomic mass is 19.1. The van der Waals surface area contributed by atoms with Crippen molar-refractivity contribution in [3.8, 4) is 11.8 Å². The molecular weight excluding hydrogens is 245 g/mol. The SMILES string of the molecule is Cc1ccc(OCc2cccc(C#N)c2F)c(N)n1. The van der Waals surface area contributed by atoms with Gasteiger partial charge in [0.25, 0.3) is 0 Å². The molecule has 1 heterocycles. The van der Waals surface area contributed by atoms with Gasteiger partial charge < -0.3 is 10.5 Å². The molecule has 1 aromatic carbocycles. The lowest BCUT2D eigenvalue weighted by molar-refractivity contribution is 0.300. The number of benzene rings is 1. The molecule has 0 radical (unpaired) electrons. The number of halogens is 1. The highest BCUT2D eigenvalue weighted by Gasteiger charge is 2.09. The number of aromatic nitrogens is 1. The standard InChI is InChI=1S/C14H12FN3O/c1-9-5-6-12(14(17)18-9)19-8-11-4-2-3-10(7-16)13(11)15/h2-6H,8H2,1H3,(H2,17,18). The molecular formula is C14H12FN3O. The second-order valence-electron chi connectivity index (χ2n) is 4.02. The molecule has 0 aliphatic rings. The maximum atomic E-state index is 13.8. The molecule has 0 unspecified atom stereocenters. The second-order valence-corrected chi connectivity index (χ2v) is 4.02. The molecule has 1 aromatic heterocycles. The zero-order valence-electron chi connectivity index (χ0n) is 10.4. The van der Waals surface area contributed by atoms with E-state index < -0.39 is 5.82 Å². The summed E-state index contributed by atoms with van der Waals surface area (Å²) in [5.41, 5.74) is 6.78. The molecule has 2 N–H and O–H groups in total. The molecule has 5 heteroatoms. The fourth-order valence-electron chi connectivity index (χ4n) is 1.62. The van der Waals surface area contributed by atoms with Crippen molar-refractivity contribution in [1.29, 1.82) is 5.26 Å². The number of nitriles is 1. The Hall–Kier alpha value is -2.61. The average molecular weight is 257 g/mol. The van der Waals surface area contributed by atoms with Gasteiger partial charge in [-0.2, -0.15) is 5.26 Å². The Balaban J connectivity index is 2.17. The van der Waals surface area contributed by atoms with Crippen LogP contribution in [-0.2, 0) is 6.61 Å². The van der Waals surface area contributed by atoms with Crippen molar-refractivity contribution in [3.05, 3.63) is 53.0 Å². The van der Waals surface area contributed by atoms with Crippen LogP contribution in [-0.4, -0.2) is 4.98 Å². The third-order valence-corrected chi connectivity index (χ3v) is 2.61. The highest BCUT2D eigenvalue weighted by molar-refractivity contribution is 5.46. The molecule has 96 valence electrons. The largest absolute Gasteiger partial charge is 0.485 e. The van der Waals surface area contributed by atoms with E-state index in [1.54, 1.807) is 30.3 Å². The lowest BCUT2D eigenvalue weighted by Crippen LogP contribution is -2.03. The molecule has 0 aliphatic carbocycles. The fraction of sp³-hybridized carbons (Fsp3) is 0.143. The van der Waals surface area contributed by atoms with Crippen molar-refractivity contribution >= 4 is 5.82 Å². The lowest BCUT2D eigenvalue weighted by Gasteiger charge is -2.09. The van der Waals surface area contributed by atoms with E-state index in [0.717, 1.165) is 5.69 Å². The minimum Gasteiger partial charge on any atom is -0.485 e. The number of rotatable bonds is 3. The molecule has 0 amide bonds. The smallest absolute Gasteiger partial charge is 0.166 e. The molecule has 0 fully saturated rings. The van der Waals surface area contributed by atoms with Gasteiger partial charge >= 0.3 is 0 Å². The number of hydrogen-bond acceptors (Lipinski definition) is 4. The number of nitrogens with zero attached hydrogens (tertiary/aromatic N) is 2. The van der Waals surface area contributed by atoms with Crippen molar-refractivity contribution in [2.24, 2.45) is 0 Å². The molecule has 2 aromatic rings. The molecule has 4 nitrogen and oxygen atoms in total. The van der Waals surface area contributed by atoms with Crippen molar-refractivity contribution in [1.82, 2.24) is 4.98 Å². The van der Waals surface area contributed by atoms with Gasteiger partial charge in [0.1, 0.15) is 18.5 Å². The number of hydrogen-bond donors (Lipinski definition) is 1. The van der Waals surface area contributed by atoms with Crippen molar-refractivity contribution in [2.75, 3.05) is 5.73 Å².